The third-order valence-corrected chi connectivity index (χ3v) is 2.73. The first-order valence-electron chi connectivity index (χ1n) is 5.60. The Hall–Kier alpha value is -2.17. The summed E-state index contributed by atoms with van der Waals surface area (Å²) >= 11 is 0. The molecule has 0 fully saturated rings. The Balaban J connectivity index is 2.18. The number of hydrogen-bond donors (Lipinski definition) is 1. The lowest BCUT2D eigenvalue weighted by molar-refractivity contribution is 0.762. The molecule has 0 radical (unpaired) electrons. The highest BCUT2D eigenvalue weighted by atomic mass is 15.2. The van der Waals surface area contributed by atoms with Gasteiger partial charge in [0, 0.05) is 12.4 Å². The molecule has 5 nitrogen and oxygen atoms in total. The molecule has 0 unspecified atom stereocenters. The van der Waals surface area contributed by atoms with Gasteiger partial charge >= 0.3 is 0 Å². The molecule has 0 saturated carbocycles. The normalized spacial score (nSPS) is 11.5. The molecular formula is C12H13N5. The largest absolute Gasteiger partial charge is 0.343 e. The van der Waals surface area contributed by atoms with E-state index >= 15 is 0 Å². The minimum absolute atomic E-state index is 0.411. The summed E-state index contributed by atoms with van der Waals surface area (Å²) in [4.78, 5) is 11.6. The van der Waals surface area contributed by atoms with Gasteiger partial charge in [-0.3, -0.25) is 0 Å². The summed E-state index contributed by atoms with van der Waals surface area (Å²) in [7, 11) is 0. The van der Waals surface area contributed by atoms with Crippen molar-refractivity contribution in [2.24, 2.45) is 0 Å². The van der Waals surface area contributed by atoms with Crippen molar-refractivity contribution in [2.45, 2.75) is 19.8 Å². The number of nitrogens with one attached hydrogen (secondary N) is 1. The number of fused-ring (bicyclic) bond motifs is 1. The van der Waals surface area contributed by atoms with E-state index in [0.29, 0.717) is 5.92 Å². The first-order chi connectivity index (χ1) is 8.25. The zero-order valence-electron chi connectivity index (χ0n) is 9.75. The number of aromatic amines is 1. The first-order valence-corrected chi connectivity index (χ1v) is 5.60. The molecule has 3 rings (SSSR count). The Labute approximate surface area is 98.5 Å². The van der Waals surface area contributed by atoms with Crippen LogP contribution in [0.15, 0.2) is 30.9 Å². The summed E-state index contributed by atoms with van der Waals surface area (Å²) in [6.45, 7) is 4.25. The van der Waals surface area contributed by atoms with Gasteiger partial charge in [-0.1, -0.05) is 13.8 Å². The highest BCUT2D eigenvalue weighted by Gasteiger charge is 2.10. The van der Waals surface area contributed by atoms with Crippen molar-refractivity contribution < 1.29 is 0 Å². The Bertz CT molecular complexity index is 636. The lowest BCUT2D eigenvalue weighted by Gasteiger charge is -2.04. The van der Waals surface area contributed by atoms with Gasteiger partial charge in [-0.05, 0) is 18.1 Å². The molecule has 0 aromatic carbocycles. The summed E-state index contributed by atoms with van der Waals surface area (Å²) in [6.07, 6.45) is 5.23. The second-order valence-corrected chi connectivity index (χ2v) is 4.27. The van der Waals surface area contributed by atoms with Gasteiger partial charge in [0.25, 0.3) is 0 Å². The van der Waals surface area contributed by atoms with E-state index in [4.69, 9.17) is 0 Å². The van der Waals surface area contributed by atoms with Crippen molar-refractivity contribution >= 4 is 5.52 Å². The van der Waals surface area contributed by atoms with E-state index in [2.05, 4.69) is 33.9 Å². The standard InChI is InChI=1S/C12H13N5/c1-8(2)9-3-4-10-11(12-13-5-6-14-12)15-7-17(10)16-9/h3-8H,1-2H3,(H,13,14). The van der Waals surface area contributed by atoms with Crippen LogP contribution in [-0.4, -0.2) is 24.6 Å². The molecule has 0 atom stereocenters. The van der Waals surface area contributed by atoms with Crippen molar-refractivity contribution in [2.75, 3.05) is 0 Å². The Morgan fingerprint density at radius 3 is 2.82 bits per heavy atom. The number of H-pyrrole nitrogens is 1. The molecule has 0 aliphatic rings. The maximum atomic E-state index is 4.52. The van der Waals surface area contributed by atoms with E-state index in [-0.39, 0.29) is 0 Å². The average Bonchev–Trinajstić information content (AvgIpc) is 2.96. The molecule has 1 N–H and O–H groups in total. The van der Waals surface area contributed by atoms with E-state index in [0.717, 1.165) is 22.7 Å². The molecule has 0 amide bonds. The summed E-state index contributed by atoms with van der Waals surface area (Å²) < 4.78 is 1.80. The lowest BCUT2D eigenvalue weighted by Crippen LogP contribution is -1.98. The van der Waals surface area contributed by atoms with E-state index < -0.39 is 0 Å². The fraction of sp³-hybridized carbons (Fsp3) is 0.250. The molecular weight excluding hydrogens is 214 g/mol. The van der Waals surface area contributed by atoms with Crippen LogP contribution in [0.4, 0.5) is 0 Å². The zero-order chi connectivity index (χ0) is 11.8. The fourth-order valence-corrected chi connectivity index (χ4v) is 1.79. The summed E-state index contributed by atoms with van der Waals surface area (Å²) in [6, 6.07) is 4.07. The second kappa shape index (κ2) is 3.69. The topological polar surface area (TPSA) is 58.9 Å². The number of nitrogens with zero attached hydrogens (tertiary/aromatic N) is 4. The number of aromatic nitrogens is 5. The monoisotopic (exact) mass is 227 g/mol. The Kier molecular flexibility index (Phi) is 2.18. The van der Waals surface area contributed by atoms with Gasteiger partial charge in [0.1, 0.15) is 12.0 Å². The van der Waals surface area contributed by atoms with Crippen LogP contribution in [0.25, 0.3) is 17.0 Å². The van der Waals surface area contributed by atoms with Gasteiger partial charge in [0.2, 0.25) is 0 Å². The van der Waals surface area contributed by atoms with E-state index in [1.165, 1.54) is 0 Å². The van der Waals surface area contributed by atoms with Gasteiger partial charge in [-0.25, -0.2) is 14.5 Å². The summed E-state index contributed by atoms with van der Waals surface area (Å²) in [5.41, 5.74) is 2.85. The average molecular weight is 227 g/mol. The highest BCUT2D eigenvalue weighted by molar-refractivity contribution is 5.72. The SMILES string of the molecule is CC(C)c1ccc2c(-c3ncc[nH]3)ncn2n1. The number of rotatable bonds is 2. The van der Waals surface area contributed by atoms with Crippen molar-refractivity contribution in [3.63, 3.8) is 0 Å². The van der Waals surface area contributed by atoms with Crippen molar-refractivity contribution in [3.8, 4) is 11.5 Å². The van der Waals surface area contributed by atoms with Crippen molar-refractivity contribution in [3.05, 3.63) is 36.5 Å². The predicted octanol–water partition coefficient (Wildman–Crippen LogP) is 2.24. The molecule has 3 aromatic heterocycles. The molecule has 0 aliphatic carbocycles. The van der Waals surface area contributed by atoms with Crippen LogP contribution in [-0.2, 0) is 0 Å². The number of hydrogen-bond acceptors (Lipinski definition) is 3. The maximum absolute atomic E-state index is 4.52. The molecule has 86 valence electrons. The molecule has 0 aliphatic heterocycles. The van der Waals surface area contributed by atoms with Crippen LogP contribution in [0.2, 0.25) is 0 Å². The lowest BCUT2D eigenvalue weighted by atomic mass is 10.1. The van der Waals surface area contributed by atoms with Crippen LogP contribution in [0.5, 0.6) is 0 Å². The molecule has 0 saturated heterocycles. The summed E-state index contributed by atoms with van der Waals surface area (Å²) in [5.74, 6) is 1.18. The quantitative estimate of drug-likeness (QED) is 0.730. The predicted molar refractivity (Wildman–Crippen MR) is 64.7 cm³/mol. The van der Waals surface area contributed by atoms with Crippen LogP contribution < -0.4 is 0 Å². The van der Waals surface area contributed by atoms with E-state index in [9.17, 15) is 0 Å². The minimum Gasteiger partial charge on any atom is -0.343 e. The van der Waals surface area contributed by atoms with Crippen LogP contribution in [0.1, 0.15) is 25.5 Å². The first kappa shape index (κ1) is 10.0. The molecule has 5 heteroatoms. The van der Waals surface area contributed by atoms with Gasteiger partial charge < -0.3 is 4.98 Å². The Morgan fingerprint density at radius 2 is 2.12 bits per heavy atom. The molecule has 3 heterocycles. The van der Waals surface area contributed by atoms with Crippen LogP contribution in [0.3, 0.4) is 0 Å². The van der Waals surface area contributed by atoms with Crippen LogP contribution in [0, 0.1) is 0 Å². The van der Waals surface area contributed by atoms with E-state index in [1.807, 2.05) is 12.1 Å². The molecule has 0 bridgehead atoms. The Morgan fingerprint density at radius 1 is 1.24 bits per heavy atom. The van der Waals surface area contributed by atoms with Crippen molar-refractivity contribution in [1.29, 1.82) is 0 Å². The van der Waals surface area contributed by atoms with Gasteiger partial charge in [0.05, 0.1) is 11.2 Å². The van der Waals surface area contributed by atoms with E-state index in [1.54, 1.807) is 23.2 Å². The van der Waals surface area contributed by atoms with Gasteiger partial charge in [0.15, 0.2) is 5.82 Å². The third-order valence-electron chi connectivity index (χ3n) is 2.73. The smallest absolute Gasteiger partial charge is 0.158 e. The van der Waals surface area contributed by atoms with Gasteiger partial charge in [-0.2, -0.15) is 5.10 Å². The fourth-order valence-electron chi connectivity index (χ4n) is 1.79. The number of imidazole rings is 2. The van der Waals surface area contributed by atoms with Crippen LogP contribution >= 0.6 is 0 Å². The highest BCUT2D eigenvalue weighted by Crippen LogP contribution is 2.20. The second-order valence-electron chi connectivity index (χ2n) is 4.27. The molecule has 3 aromatic rings. The maximum Gasteiger partial charge on any atom is 0.158 e. The minimum atomic E-state index is 0.411. The zero-order valence-corrected chi connectivity index (χ0v) is 9.75. The van der Waals surface area contributed by atoms with Crippen molar-refractivity contribution in [1.82, 2.24) is 24.6 Å². The molecule has 17 heavy (non-hydrogen) atoms. The molecule has 0 spiro atoms. The van der Waals surface area contributed by atoms with Gasteiger partial charge in [-0.15, -0.1) is 0 Å². The summed E-state index contributed by atoms with van der Waals surface area (Å²) in [5, 5.41) is 4.52. The third kappa shape index (κ3) is 1.60.